The van der Waals surface area contributed by atoms with Gasteiger partial charge in [0.15, 0.2) is 0 Å². The van der Waals surface area contributed by atoms with Crippen molar-refractivity contribution in [2.24, 2.45) is 17.6 Å². The van der Waals surface area contributed by atoms with Crippen LogP contribution in [0.3, 0.4) is 0 Å². The highest BCUT2D eigenvalue weighted by atomic mass is 16.2. The van der Waals surface area contributed by atoms with E-state index < -0.39 is 0 Å². The van der Waals surface area contributed by atoms with Crippen LogP contribution in [0.25, 0.3) is 0 Å². The monoisotopic (exact) mass is 311 g/mol. The first-order valence-electron chi connectivity index (χ1n) is 8.81. The summed E-state index contributed by atoms with van der Waals surface area (Å²) in [7, 11) is 0. The molecule has 0 spiro atoms. The molecule has 0 aromatic heterocycles. The number of amides is 2. The zero-order valence-electron chi connectivity index (χ0n) is 14.3. The number of nitrogens with zero attached hydrogens (tertiary/aromatic N) is 1. The van der Waals surface area contributed by atoms with E-state index in [1.54, 1.807) is 6.92 Å². The normalized spacial score (nSPS) is 18.1. The molecule has 0 radical (unpaired) electrons. The van der Waals surface area contributed by atoms with Gasteiger partial charge in [-0.15, -0.1) is 0 Å². The van der Waals surface area contributed by atoms with Crippen LogP contribution < -0.4 is 11.1 Å². The fourth-order valence-electron chi connectivity index (χ4n) is 3.02. The van der Waals surface area contributed by atoms with Gasteiger partial charge in [-0.25, -0.2) is 0 Å². The van der Waals surface area contributed by atoms with Crippen LogP contribution in [0.1, 0.15) is 58.8 Å². The molecule has 1 atom stereocenters. The van der Waals surface area contributed by atoms with Gasteiger partial charge in [-0.2, -0.15) is 0 Å². The van der Waals surface area contributed by atoms with Crippen molar-refractivity contribution in [2.75, 3.05) is 26.2 Å². The van der Waals surface area contributed by atoms with Crippen LogP contribution in [0.2, 0.25) is 0 Å². The van der Waals surface area contributed by atoms with Crippen molar-refractivity contribution in [2.45, 2.75) is 58.8 Å². The maximum absolute atomic E-state index is 11.7. The van der Waals surface area contributed by atoms with Crippen LogP contribution >= 0.6 is 0 Å². The lowest BCUT2D eigenvalue weighted by molar-refractivity contribution is -0.123. The molecule has 1 saturated heterocycles. The van der Waals surface area contributed by atoms with E-state index in [1.165, 1.54) is 38.8 Å². The lowest BCUT2D eigenvalue weighted by atomic mass is 9.92. The number of primary amides is 1. The van der Waals surface area contributed by atoms with Gasteiger partial charge in [0, 0.05) is 18.9 Å². The Kier molecular flexibility index (Phi) is 9.13. The third-order valence-corrected chi connectivity index (χ3v) is 4.67. The second kappa shape index (κ2) is 10.6. The Morgan fingerprint density at radius 2 is 2.00 bits per heavy atom. The van der Waals surface area contributed by atoms with E-state index in [9.17, 15) is 9.59 Å². The zero-order valence-corrected chi connectivity index (χ0v) is 14.3. The van der Waals surface area contributed by atoms with Crippen molar-refractivity contribution in [3.8, 4) is 0 Å². The van der Waals surface area contributed by atoms with Gasteiger partial charge in [0.2, 0.25) is 11.8 Å². The smallest absolute Gasteiger partial charge is 0.220 e. The van der Waals surface area contributed by atoms with Gasteiger partial charge in [0.1, 0.15) is 0 Å². The van der Waals surface area contributed by atoms with Gasteiger partial charge < -0.3 is 16.0 Å². The van der Waals surface area contributed by atoms with E-state index in [4.69, 9.17) is 5.73 Å². The van der Waals surface area contributed by atoms with Gasteiger partial charge in [-0.1, -0.05) is 26.7 Å². The zero-order chi connectivity index (χ0) is 16.4. The van der Waals surface area contributed by atoms with Crippen molar-refractivity contribution in [3.05, 3.63) is 0 Å². The summed E-state index contributed by atoms with van der Waals surface area (Å²) < 4.78 is 0. The number of nitrogens with two attached hydrogens (primary N) is 1. The van der Waals surface area contributed by atoms with E-state index >= 15 is 0 Å². The van der Waals surface area contributed by atoms with Crippen LogP contribution in [0, 0.1) is 11.8 Å². The SMILES string of the molecule is CCCC1CCN(CCCNC(=O)CC[C@H](C)C(N)=O)CC1. The van der Waals surface area contributed by atoms with E-state index in [-0.39, 0.29) is 17.7 Å². The summed E-state index contributed by atoms with van der Waals surface area (Å²) in [5.41, 5.74) is 5.18. The summed E-state index contributed by atoms with van der Waals surface area (Å²) in [6.07, 6.45) is 7.23. The number of rotatable bonds is 10. The Morgan fingerprint density at radius 1 is 1.32 bits per heavy atom. The topological polar surface area (TPSA) is 75.4 Å². The molecule has 0 bridgehead atoms. The standard InChI is InChI=1S/C17H33N3O2/c1-3-5-15-8-12-20(13-9-15)11-4-10-19-16(21)7-6-14(2)17(18)22/h14-15H,3-13H2,1-2H3,(H2,18,22)(H,19,21)/t14-/m0/s1. The predicted octanol–water partition coefficient (Wildman–Crippen LogP) is 1.91. The summed E-state index contributed by atoms with van der Waals surface area (Å²) in [5, 5.41) is 2.93. The molecular weight excluding hydrogens is 278 g/mol. The maximum atomic E-state index is 11.7. The van der Waals surface area contributed by atoms with Crippen LogP contribution in [0.4, 0.5) is 0 Å². The van der Waals surface area contributed by atoms with Crippen molar-refractivity contribution in [1.29, 1.82) is 0 Å². The molecule has 0 saturated carbocycles. The summed E-state index contributed by atoms with van der Waals surface area (Å²) >= 11 is 0. The molecule has 0 unspecified atom stereocenters. The van der Waals surface area contributed by atoms with Gasteiger partial charge in [0.25, 0.3) is 0 Å². The van der Waals surface area contributed by atoms with Crippen molar-refractivity contribution < 1.29 is 9.59 Å². The molecule has 1 aliphatic rings. The van der Waals surface area contributed by atoms with Gasteiger partial charge in [-0.3, -0.25) is 9.59 Å². The first kappa shape index (κ1) is 18.9. The summed E-state index contributed by atoms with van der Waals surface area (Å²) in [4.78, 5) is 25.1. The predicted molar refractivity (Wildman–Crippen MR) is 89.3 cm³/mol. The molecule has 128 valence electrons. The fourth-order valence-corrected chi connectivity index (χ4v) is 3.02. The highest BCUT2D eigenvalue weighted by Gasteiger charge is 2.17. The van der Waals surface area contributed by atoms with Crippen molar-refractivity contribution in [3.63, 3.8) is 0 Å². The minimum absolute atomic E-state index is 0.0229. The van der Waals surface area contributed by atoms with Gasteiger partial charge >= 0.3 is 0 Å². The van der Waals surface area contributed by atoms with Crippen molar-refractivity contribution >= 4 is 11.8 Å². The molecule has 1 aliphatic heterocycles. The van der Waals surface area contributed by atoms with E-state index in [2.05, 4.69) is 17.1 Å². The molecule has 0 aromatic rings. The summed E-state index contributed by atoms with van der Waals surface area (Å²) in [6.45, 7) is 8.22. The van der Waals surface area contributed by atoms with E-state index in [0.29, 0.717) is 12.8 Å². The lowest BCUT2D eigenvalue weighted by Crippen LogP contribution is -2.36. The molecule has 0 aromatic carbocycles. The molecule has 1 fully saturated rings. The molecule has 3 N–H and O–H groups in total. The number of piperidine rings is 1. The summed E-state index contributed by atoms with van der Waals surface area (Å²) in [5.74, 6) is 0.386. The number of nitrogens with one attached hydrogen (secondary N) is 1. The number of hydrogen-bond donors (Lipinski definition) is 2. The third kappa shape index (κ3) is 7.78. The molecular formula is C17H33N3O2. The maximum Gasteiger partial charge on any atom is 0.220 e. The Hall–Kier alpha value is -1.10. The number of hydrogen-bond acceptors (Lipinski definition) is 3. The number of carbonyl (C=O) groups excluding carboxylic acids is 2. The first-order chi connectivity index (χ1) is 10.5. The van der Waals surface area contributed by atoms with Gasteiger partial charge in [-0.05, 0) is 51.2 Å². The fraction of sp³-hybridized carbons (Fsp3) is 0.882. The van der Waals surface area contributed by atoms with Crippen LogP contribution in [-0.4, -0.2) is 42.9 Å². The molecule has 1 rings (SSSR count). The van der Waals surface area contributed by atoms with Crippen LogP contribution in [0.15, 0.2) is 0 Å². The average molecular weight is 311 g/mol. The second-order valence-corrected chi connectivity index (χ2v) is 6.62. The molecule has 22 heavy (non-hydrogen) atoms. The molecule has 5 heteroatoms. The number of likely N-dealkylation sites (tertiary alicyclic amines) is 1. The highest BCUT2D eigenvalue weighted by Crippen LogP contribution is 2.21. The Bertz CT molecular complexity index is 339. The minimum atomic E-state index is -0.334. The number of carbonyl (C=O) groups is 2. The third-order valence-electron chi connectivity index (χ3n) is 4.67. The van der Waals surface area contributed by atoms with Gasteiger partial charge in [0.05, 0.1) is 0 Å². The molecule has 1 heterocycles. The highest BCUT2D eigenvalue weighted by molar-refractivity contribution is 5.79. The molecule has 5 nitrogen and oxygen atoms in total. The van der Waals surface area contributed by atoms with Crippen LogP contribution in [-0.2, 0) is 9.59 Å². The Labute approximate surface area is 135 Å². The Morgan fingerprint density at radius 3 is 2.59 bits per heavy atom. The van der Waals surface area contributed by atoms with Crippen molar-refractivity contribution in [1.82, 2.24) is 10.2 Å². The molecule has 2 amide bonds. The minimum Gasteiger partial charge on any atom is -0.369 e. The summed E-state index contributed by atoms with van der Waals surface area (Å²) in [6, 6.07) is 0. The Balaban J connectivity index is 2.01. The quantitative estimate of drug-likeness (QED) is 0.605. The average Bonchev–Trinajstić information content (AvgIpc) is 2.51. The lowest BCUT2D eigenvalue weighted by Gasteiger charge is -2.31. The van der Waals surface area contributed by atoms with E-state index in [0.717, 1.165) is 25.4 Å². The second-order valence-electron chi connectivity index (χ2n) is 6.62. The first-order valence-corrected chi connectivity index (χ1v) is 8.81. The largest absolute Gasteiger partial charge is 0.369 e. The van der Waals surface area contributed by atoms with Crippen LogP contribution in [0.5, 0.6) is 0 Å². The van der Waals surface area contributed by atoms with E-state index in [1.807, 2.05) is 0 Å². The molecule has 0 aliphatic carbocycles.